The number of rotatable bonds is 5. The minimum Gasteiger partial charge on any atom is -0.383 e. The Labute approximate surface area is 110 Å². The minimum atomic E-state index is -0.630. The van der Waals surface area contributed by atoms with E-state index in [-0.39, 0.29) is 22.3 Å². The largest absolute Gasteiger partial charge is 0.383 e. The van der Waals surface area contributed by atoms with Gasteiger partial charge in [-0.1, -0.05) is 11.6 Å². The smallest absolute Gasteiger partial charge is 0.216 e. The van der Waals surface area contributed by atoms with E-state index in [0.717, 1.165) is 0 Å². The van der Waals surface area contributed by atoms with Gasteiger partial charge in [0, 0.05) is 25.7 Å². The van der Waals surface area contributed by atoms with Crippen molar-refractivity contribution in [1.82, 2.24) is 5.32 Å². The fourth-order valence-corrected chi connectivity index (χ4v) is 1.78. The quantitative estimate of drug-likeness (QED) is 0.638. The van der Waals surface area contributed by atoms with Crippen molar-refractivity contribution in [2.75, 3.05) is 18.4 Å². The molecule has 0 aromatic heterocycles. The van der Waals surface area contributed by atoms with Gasteiger partial charge in [-0.25, -0.2) is 4.39 Å². The summed E-state index contributed by atoms with van der Waals surface area (Å²) in [6.07, 6.45) is 0. The summed E-state index contributed by atoms with van der Waals surface area (Å²) in [5, 5.41) is 5.34. The van der Waals surface area contributed by atoms with Crippen LogP contribution in [0, 0.1) is 5.82 Å². The molecule has 0 bridgehead atoms. The third-order valence-corrected chi connectivity index (χ3v) is 2.63. The van der Waals surface area contributed by atoms with Crippen molar-refractivity contribution in [3.8, 4) is 0 Å². The van der Waals surface area contributed by atoms with E-state index in [0.29, 0.717) is 18.8 Å². The van der Waals surface area contributed by atoms with Gasteiger partial charge in [-0.15, -0.1) is 0 Å². The van der Waals surface area contributed by atoms with Crippen molar-refractivity contribution in [3.05, 3.63) is 28.5 Å². The lowest BCUT2D eigenvalue weighted by molar-refractivity contribution is -0.118. The van der Waals surface area contributed by atoms with Gasteiger partial charge in [0.2, 0.25) is 5.91 Å². The van der Waals surface area contributed by atoms with Crippen LogP contribution >= 0.6 is 11.6 Å². The van der Waals surface area contributed by atoms with E-state index in [1.54, 1.807) is 0 Å². The number of halogens is 2. The van der Waals surface area contributed by atoms with Gasteiger partial charge in [0.25, 0.3) is 0 Å². The molecule has 0 heterocycles. The van der Waals surface area contributed by atoms with E-state index in [2.05, 4.69) is 10.6 Å². The summed E-state index contributed by atoms with van der Waals surface area (Å²) in [7, 11) is 0. The molecule has 0 spiro atoms. The zero-order valence-electron chi connectivity index (χ0n) is 10.1. The summed E-state index contributed by atoms with van der Waals surface area (Å²) in [4.78, 5) is 22.1. The lowest BCUT2D eigenvalue weighted by atomic mass is 10.1. The molecule has 0 radical (unpaired) electrons. The van der Waals surface area contributed by atoms with Crippen LogP contribution < -0.4 is 10.6 Å². The van der Waals surface area contributed by atoms with Gasteiger partial charge in [-0.05, 0) is 19.1 Å². The highest BCUT2D eigenvalue weighted by molar-refractivity contribution is 6.34. The highest BCUT2D eigenvalue weighted by atomic mass is 35.5. The molecule has 1 rings (SSSR count). The first-order valence-corrected chi connectivity index (χ1v) is 5.78. The molecule has 1 aromatic rings. The summed E-state index contributed by atoms with van der Waals surface area (Å²) < 4.78 is 13.2. The monoisotopic (exact) mass is 272 g/mol. The van der Waals surface area contributed by atoms with E-state index in [1.165, 1.54) is 26.0 Å². The Bertz CT molecular complexity index is 477. The summed E-state index contributed by atoms with van der Waals surface area (Å²) in [5.41, 5.74) is 0.582. The second-order valence-electron chi connectivity index (χ2n) is 3.75. The number of nitrogens with one attached hydrogen (secondary N) is 2. The molecule has 1 amide bonds. The molecule has 0 aliphatic carbocycles. The maximum atomic E-state index is 13.2. The maximum Gasteiger partial charge on any atom is 0.216 e. The predicted molar refractivity (Wildman–Crippen MR) is 68.6 cm³/mol. The number of anilines is 1. The molecule has 0 unspecified atom stereocenters. The second-order valence-corrected chi connectivity index (χ2v) is 4.13. The van der Waals surface area contributed by atoms with Crippen molar-refractivity contribution in [3.63, 3.8) is 0 Å². The average Bonchev–Trinajstić information content (AvgIpc) is 2.28. The molecule has 0 saturated carbocycles. The van der Waals surface area contributed by atoms with Crippen molar-refractivity contribution >= 4 is 29.0 Å². The molecule has 6 heteroatoms. The first-order chi connectivity index (χ1) is 8.43. The van der Waals surface area contributed by atoms with Crippen LogP contribution in [-0.2, 0) is 4.79 Å². The van der Waals surface area contributed by atoms with Crippen LogP contribution in [0.1, 0.15) is 24.2 Å². The Kier molecular flexibility index (Phi) is 5.09. The molecule has 0 fully saturated rings. The van der Waals surface area contributed by atoms with Crippen LogP contribution in [0.3, 0.4) is 0 Å². The highest BCUT2D eigenvalue weighted by Gasteiger charge is 2.15. The fourth-order valence-electron chi connectivity index (χ4n) is 1.48. The first kappa shape index (κ1) is 14.4. The van der Waals surface area contributed by atoms with Crippen molar-refractivity contribution in [1.29, 1.82) is 0 Å². The molecular formula is C12H14ClFN2O2. The number of hydrogen-bond acceptors (Lipinski definition) is 3. The molecule has 0 atom stereocenters. The molecule has 0 aliphatic rings. The van der Waals surface area contributed by atoms with Crippen molar-refractivity contribution in [2.45, 2.75) is 13.8 Å². The van der Waals surface area contributed by atoms with Crippen LogP contribution in [-0.4, -0.2) is 24.8 Å². The molecule has 1 aromatic carbocycles. The van der Waals surface area contributed by atoms with Crippen LogP contribution in [0.4, 0.5) is 10.1 Å². The van der Waals surface area contributed by atoms with Crippen molar-refractivity contribution in [2.24, 2.45) is 0 Å². The molecule has 18 heavy (non-hydrogen) atoms. The SMILES string of the molecule is CC(=O)NCCNc1ccc(F)c(Cl)c1C(C)=O. The van der Waals surface area contributed by atoms with Gasteiger partial charge >= 0.3 is 0 Å². The summed E-state index contributed by atoms with van der Waals surface area (Å²) >= 11 is 5.75. The summed E-state index contributed by atoms with van der Waals surface area (Å²) in [6, 6.07) is 2.64. The fraction of sp³-hybridized carbons (Fsp3) is 0.333. The zero-order chi connectivity index (χ0) is 13.7. The minimum absolute atomic E-state index is 0.125. The number of amides is 1. The van der Waals surface area contributed by atoms with E-state index in [4.69, 9.17) is 11.6 Å². The highest BCUT2D eigenvalue weighted by Crippen LogP contribution is 2.27. The van der Waals surface area contributed by atoms with Gasteiger partial charge in [-0.2, -0.15) is 0 Å². The second kappa shape index (κ2) is 6.35. The molecular weight excluding hydrogens is 259 g/mol. The topological polar surface area (TPSA) is 58.2 Å². The Morgan fingerprint density at radius 3 is 2.50 bits per heavy atom. The van der Waals surface area contributed by atoms with Gasteiger partial charge in [0.05, 0.1) is 10.6 Å². The molecule has 4 nitrogen and oxygen atoms in total. The number of benzene rings is 1. The standard InChI is InChI=1S/C12H14ClFN2O2/c1-7(17)11-10(4-3-9(14)12(11)13)16-6-5-15-8(2)18/h3-4,16H,5-6H2,1-2H3,(H,15,18). The van der Waals surface area contributed by atoms with Gasteiger partial charge in [-0.3, -0.25) is 9.59 Å². The lowest BCUT2D eigenvalue weighted by Gasteiger charge is -2.12. The Morgan fingerprint density at radius 1 is 1.28 bits per heavy atom. The Morgan fingerprint density at radius 2 is 1.94 bits per heavy atom. The van der Waals surface area contributed by atoms with Crippen LogP contribution in [0.2, 0.25) is 5.02 Å². The van der Waals surface area contributed by atoms with Crippen LogP contribution in [0.25, 0.3) is 0 Å². The van der Waals surface area contributed by atoms with Gasteiger partial charge < -0.3 is 10.6 Å². The first-order valence-electron chi connectivity index (χ1n) is 5.40. The van der Waals surface area contributed by atoms with E-state index in [1.807, 2.05) is 0 Å². The Balaban J connectivity index is 2.79. The molecule has 0 aliphatic heterocycles. The molecule has 98 valence electrons. The molecule has 0 saturated heterocycles. The van der Waals surface area contributed by atoms with Gasteiger partial charge in [0.1, 0.15) is 5.82 Å². The zero-order valence-corrected chi connectivity index (χ0v) is 10.9. The normalized spacial score (nSPS) is 10.0. The predicted octanol–water partition coefficient (Wildman–Crippen LogP) is 2.23. The van der Waals surface area contributed by atoms with E-state index < -0.39 is 5.82 Å². The number of carbonyl (C=O) groups excluding carboxylic acids is 2. The number of ketones is 1. The Hall–Kier alpha value is -1.62. The maximum absolute atomic E-state index is 13.2. The van der Waals surface area contributed by atoms with Crippen LogP contribution in [0.15, 0.2) is 12.1 Å². The van der Waals surface area contributed by atoms with E-state index in [9.17, 15) is 14.0 Å². The summed E-state index contributed by atoms with van der Waals surface area (Å²) in [6.45, 7) is 3.55. The third-order valence-electron chi connectivity index (χ3n) is 2.26. The average molecular weight is 273 g/mol. The lowest BCUT2D eigenvalue weighted by Crippen LogP contribution is -2.26. The van der Waals surface area contributed by atoms with Gasteiger partial charge in [0.15, 0.2) is 5.78 Å². The number of Topliss-reactive ketones (excluding diaryl/α,β-unsaturated/α-hetero) is 1. The third kappa shape index (κ3) is 3.70. The number of carbonyl (C=O) groups is 2. The molecule has 2 N–H and O–H groups in total. The van der Waals surface area contributed by atoms with E-state index >= 15 is 0 Å². The van der Waals surface area contributed by atoms with Crippen molar-refractivity contribution < 1.29 is 14.0 Å². The van der Waals surface area contributed by atoms with Crippen LogP contribution in [0.5, 0.6) is 0 Å². The summed E-state index contributed by atoms with van der Waals surface area (Å²) in [5.74, 6) is -1.09. The number of hydrogen-bond donors (Lipinski definition) is 2.